The van der Waals surface area contributed by atoms with Gasteiger partial charge in [-0.15, -0.1) is 0 Å². The number of hydrazone groups is 1. The minimum Gasteiger partial charge on any atom is -0.311 e. The maximum absolute atomic E-state index is 13.4. The van der Waals surface area contributed by atoms with Crippen LogP contribution >= 0.6 is 34.8 Å². The number of imidazole rings is 1. The van der Waals surface area contributed by atoms with E-state index in [9.17, 15) is 9.18 Å². The van der Waals surface area contributed by atoms with Crippen molar-refractivity contribution in [1.29, 1.82) is 0 Å². The van der Waals surface area contributed by atoms with Crippen molar-refractivity contribution in [3.63, 3.8) is 0 Å². The van der Waals surface area contributed by atoms with Crippen LogP contribution < -0.4 is 5.43 Å². The van der Waals surface area contributed by atoms with Crippen LogP contribution in [0.3, 0.4) is 0 Å². The first-order chi connectivity index (χ1) is 9.99. The molecule has 0 atom stereocenters. The van der Waals surface area contributed by atoms with E-state index in [4.69, 9.17) is 34.8 Å². The van der Waals surface area contributed by atoms with E-state index in [1.807, 2.05) is 0 Å². The molecular weight excluding hydrogens is 342 g/mol. The van der Waals surface area contributed by atoms with Gasteiger partial charge in [-0.25, -0.2) is 14.8 Å². The molecule has 0 aliphatic carbocycles. The first-order valence-electron chi connectivity index (χ1n) is 5.61. The number of aromatic nitrogens is 2. The summed E-state index contributed by atoms with van der Waals surface area (Å²) in [5.74, 6) is -1.01. The van der Waals surface area contributed by atoms with Gasteiger partial charge in [0.15, 0.2) is 5.15 Å². The minimum atomic E-state index is -0.537. The number of hydrogen-bond acceptors (Lipinski definition) is 3. The third-order valence-electron chi connectivity index (χ3n) is 2.43. The van der Waals surface area contributed by atoms with Gasteiger partial charge in [-0.05, 0) is 12.1 Å². The predicted octanol–water partition coefficient (Wildman–Crippen LogP) is 3.13. The highest BCUT2D eigenvalue weighted by Gasteiger charge is 2.09. The van der Waals surface area contributed by atoms with E-state index in [1.165, 1.54) is 29.1 Å². The third kappa shape index (κ3) is 3.93. The molecule has 2 rings (SSSR count). The largest absolute Gasteiger partial charge is 0.311 e. The molecule has 0 bridgehead atoms. The van der Waals surface area contributed by atoms with Gasteiger partial charge in [0.2, 0.25) is 0 Å². The molecule has 0 radical (unpaired) electrons. The van der Waals surface area contributed by atoms with Gasteiger partial charge in [-0.1, -0.05) is 40.9 Å². The Morgan fingerprint density at radius 2 is 2.19 bits per heavy atom. The van der Waals surface area contributed by atoms with E-state index >= 15 is 0 Å². The number of halogens is 4. The molecule has 9 heteroatoms. The Labute approximate surface area is 134 Å². The normalized spacial score (nSPS) is 11.0. The number of nitrogens with zero attached hydrogens (tertiary/aromatic N) is 3. The van der Waals surface area contributed by atoms with Crippen molar-refractivity contribution in [2.45, 2.75) is 6.54 Å². The average molecular weight is 350 g/mol. The summed E-state index contributed by atoms with van der Waals surface area (Å²) in [7, 11) is 0. The monoisotopic (exact) mass is 348 g/mol. The molecule has 0 spiro atoms. The zero-order chi connectivity index (χ0) is 15.4. The molecule has 0 saturated heterocycles. The van der Waals surface area contributed by atoms with Crippen molar-refractivity contribution in [3.05, 3.63) is 51.2 Å². The van der Waals surface area contributed by atoms with E-state index in [1.54, 1.807) is 0 Å². The van der Waals surface area contributed by atoms with Crippen molar-refractivity contribution in [2.75, 3.05) is 0 Å². The summed E-state index contributed by atoms with van der Waals surface area (Å²) in [5.41, 5.74) is 2.31. The molecule has 1 N–H and O–H groups in total. The number of carbonyl (C=O) groups excluding carboxylic acids is 1. The summed E-state index contributed by atoms with van der Waals surface area (Å²) in [6, 6.07) is 4.22. The number of rotatable bonds is 4. The molecule has 5 nitrogen and oxygen atoms in total. The van der Waals surface area contributed by atoms with Crippen molar-refractivity contribution in [2.24, 2.45) is 5.10 Å². The quantitative estimate of drug-likeness (QED) is 0.681. The second kappa shape index (κ2) is 6.89. The van der Waals surface area contributed by atoms with E-state index < -0.39 is 11.7 Å². The van der Waals surface area contributed by atoms with Gasteiger partial charge in [0.1, 0.15) is 17.5 Å². The highest BCUT2D eigenvalue weighted by molar-refractivity contribution is 6.40. The molecule has 1 heterocycles. The summed E-state index contributed by atoms with van der Waals surface area (Å²) in [6.07, 6.45) is 2.44. The molecule has 0 fully saturated rings. The summed E-state index contributed by atoms with van der Waals surface area (Å²) < 4.78 is 14.8. The maximum Gasteiger partial charge on any atom is 0.260 e. The Kier molecular flexibility index (Phi) is 5.17. The Morgan fingerprint density at radius 1 is 1.43 bits per heavy atom. The van der Waals surface area contributed by atoms with E-state index in [0.29, 0.717) is 0 Å². The summed E-state index contributed by atoms with van der Waals surface area (Å²) >= 11 is 17.3. The number of carbonyl (C=O) groups is 1. The number of nitrogens with one attached hydrogen (secondary N) is 1. The van der Waals surface area contributed by atoms with Crippen molar-refractivity contribution >= 4 is 46.9 Å². The molecule has 1 amide bonds. The van der Waals surface area contributed by atoms with Crippen LogP contribution in [0.4, 0.5) is 4.39 Å². The lowest BCUT2D eigenvalue weighted by molar-refractivity contribution is -0.121. The smallest absolute Gasteiger partial charge is 0.260 e. The molecular formula is C12H8Cl3FN4O. The van der Waals surface area contributed by atoms with Crippen molar-refractivity contribution in [1.82, 2.24) is 15.0 Å². The molecule has 0 aliphatic heterocycles. The average Bonchev–Trinajstić information content (AvgIpc) is 2.74. The summed E-state index contributed by atoms with van der Waals surface area (Å²) in [6.45, 7) is -0.124. The topological polar surface area (TPSA) is 59.3 Å². The van der Waals surface area contributed by atoms with Gasteiger partial charge in [-0.3, -0.25) is 4.79 Å². The SMILES string of the molecule is O=C(Cn1cnc(Cl)c1Cl)NN=Cc1c(F)cccc1Cl. The maximum atomic E-state index is 13.4. The standard InChI is InChI=1S/C12H8Cl3FN4O/c13-8-2-1-3-9(16)7(8)4-18-19-10(21)5-20-6-17-11(14)12(20)15/h1-4,6H,5H2,(H,19,21). The van der Waals surface area contributed by atoms with E-state index in [2.05, 4.69) is 15.5 Å². The summed E-state index contributed by atoms with van der Waals surface area (Å²) in [5, 5.41) is 4.08. The molecule has 21 heavy (non-hydrogen) atoms. The highest BCUT2D eigenvalue weighted by Crippen LogP contribution is 2.19. The number of benzene rings is 1. The number of amides is 1. The molecule has 1 aromatic heterocycles. The Balaban J connectivity index is 1.98. The second-order valence-electron chi connectivity index (χ2n) is 3.88. The van der Waals surface area contributed by atoms with Crippen molar-refractivity contribution < 1.29 is 9.18 Å². The minimum absolute atomic E-state index is 0.0863. The lowest BCUT2D eigenvalue weighted by atomic mass is 10.2. The fourth-order valence-corrected chi connectivity index (χ4v) is 1.96. The zero-order valence-corrected chi connectivity index (χ0v) is 12.6. The van der Waals surface area contributed by atoms with Crippen molar-refractivity contribution in [3.8, 4) is 0 Å². The van der Waals surface area contributed by atoms with Gasteiger partial charge in [0.05, 0.1) is 17.6 Å². The van der Waals surface area contributed by atoms with Crippen LogP contribution in [-0.2, 0) is 11.3 Å². The molecule has 2 aromatic rings. The Morgan fingerprint density at radius 3 is 2.81 bits per heavy atom. The Bertz CT molecular complexity index is 682. The molecule has 1 aromatic carbocycles. The third-order valence-corrected chi connectivity index (χ3v) is 3.53. The lowest BCUT2D eigenvalue weighted by Crippen LogP contribution is -2.23. The fraction of sp³-hybridized carbons (Fsp3) is 0.0833. The van der Waals surface area contributed by atoms with Crippen LogP contribution in [-0.4, -0.2) is 21.7 Å². The van der Waals surface area contributed by atoms with Gasteiger partial charge < -0.3 is 4.57 Å². The Hall–Kier alpha value is -1.63. The summed E-state index contributed by atoms with van der Waals surface area (Å²) in [4.78, 5) is 15.4. The highest BCUT2D eigenvalue weighted by atomic mass is 35.5. The molecule has 0 unspecified atom stereocenters. The van der Waals surface area contributed by atoms with Crippen LogP contribution in [0.15, 0.2) is 29.6 Å². The van der Waals surface area contributed by atoms with Crippen LogP contribution in [0.1, 0.15) is 5.56 Å². The van der Waals surface area contributed by atoms with Gasteiger partial charge in [-0.2, -0.15) is 5.10 Å². The van der Waals surface area contributed by atoms with Gasteiger partial charge >= 0.3 is 0 Å². The van der Waals surface area contributed by atoms with Crippen LogP contribution in [0.5, 0.6) is 0 Å². The van der Waals surface area contributed by atoms with E-state index in [0.717, 1.165) is 6.21 Å². The van der Waals surface area contributed by atoms with Crippen LogP contribution in [0.25, 0.3) is 0 Å². The number of hydrogen-bond donors (Lipinski definition) is 1. The second-order valence-corrected chi connectivity index (χ2v) is 5.01. The molecule has 0 aliphatic rings. The lowest BCUT2D eigenvalue weighted by Gasteiger charge is -2.03. The predicted molar refractivity (Wildman–Crippen MR) is 79.4 cm³/mol. The van der Waals surface area contributed by atoms with E-state index in [-0.39, 0.29) is 27.4 Å². The van der Waals surface area contributed by atoms with Crippen LogP contribution in [0, 0.1) is 5.82 Å². The molecule has 110 valence electrons. The van der Waals surface area contributed by atoms with Crippen LogP contribution in [0.2, 0.25) is 15.3 Å². The molecule has 0 saturated carbocycles. The first-order valence-corrected chi connectivity index (χ1v) is 6.74. The first kappa shape index (κ1) is 15.8. The van der Waals surface area contributed by atoms with Gasteiger partial charge in [0.25, 0.3) is 5.91 Å². The van der Waals surface area contributed by atoms with Gasteiger partial charge in [0, 0.05) is 5.56 Å². The zero-order valence-electron chi connectivity index (χ0n) is 10.4. The fourth-order valence-electron chi connectivity index (χ4n) is 1.45.